The predicted molar refractivity (Wildman–Crippen MR) is 34.9 cm³/mol. The summed E-state index contributed by atoms with van der Waals surface area (Å²) in [6.07, 6.45) is 0. The molecule has 0 amide bonds. The van der Waals surface area contributed by atoms with Gasteiger partial charge in [-0.2, -0.15) is 0 Å². The average molecular weight is 130 g/mol. The molecule has 0 heteroatoms. The second-order valence-electron chi connectivity index (χ2n) is 5.77. The van der Waals surface area contributed by atoms with Crippen molar-refractivity contribution < 1.29 is 0 Å². The lowest BCUT2D eigenvalue weighted by Crippen LogP contribution is -2.71. The fraction of sp³-hybridized carbons (Fsp3) is 1.00. The molecule has 50 valence electrons. The Morgan fingerprint density at radius 3 is 0.400 bits per heavy atom. The predicted octanol–water partition coefficient (Wildman–Crippen LogP) is 1.23. The van der Waals surface area contributed by atoms with Gasteiger partial charge in [0.25, 0.3) is 0 Å². The Morgan fingerprint density at radius 2 is 0.300 bits per heavy atom. The second-order valence-corrected chi connectivity index (χ2v) is 5.77. The van der Waals surface area contributed by atoms with Gasteiger partial charge in [-0.25, -0.2) is 0 Å². The van der Waals surface area contributed by atoms with Gasteiger partial charge in [0.15, 0.2) is 0 Å². The van der Waals surface area contributed by atoms with E-state index in [0.717, 1.165) is 0 Å². The van der Waals surface area contributed by atoms with Crippen LogP contribution in [0.3, 0.4) is 0 Å². The van der Waals surface area contributed by atoms with E-state index in [1.807, 2.05) is 0 Å². The smallest absolute Gasteiger partial charge is 0.0312 e. The van der Waals surface area contributed by atoms with Crippen LogP contribution in [0.4, 0.5) is 0 Å². The minimum Gasteiger partial charge on any atom is -0.0312 e. The molecule has 0 aromatic heterocycles. The Balaban J connectivity index is 1.92. The first-order valence-electron chi connectivity index (χ1n) is 5.00. The summed E-state index contributed by atoms with van der Waals surface area (Å²) in [4.78, 5) is 0. The second kappa shape index (κ2) is 0.640. The van der Waals surface area contributed by atoms with Gasteiger partial charge in [-0.15, -0.1) is 0 Å². The minimum atomic E-state index is 1.33. The topological polar surface area (TPSA) is 0 Å². The molecule has 7 rings (SSSR count). The lowest BCUT2D eigenvalue weighted by molar-refractivity contribution is -0.275. The fourth-order valence-electron chi connectivity index (χ4n) is 6.88. The van der Waals surface area contributed by atoms with E-state index in [1.165, 1.54) is 59.2 Å². The van der Waals surface area contributed by atoms with Crippen LogP contribution in [0.1, 0.15) is 0 Å². The summed E-state index contributed by atoms with van der Waals surface area (Å²) in [6, 6.07) is 0. The molecule has 0 atom stereocenters. The van der Waals surface area contributed by atoms with Crippen LogP contribution in [-0.2, 0) is 0 Å². The van der Waals surface area contributed by atoms with Crippen LogP contribution in [0.15, 0.2) is 0 Å². The van der Waals surface area contributed by atoms with Crippen LogP contribution in [0.25, 0.3) is 0 Å². The summed E-state index contributed by atoms with van der Waals surface area (Å²) in [5.41, 5.74) is 0. The van der Waals surface area contributed by atoms with Crippen LogP contribution in [0.2, 0.25) is 0 Å². The van der Waals surface area contributed by atoms with E-state index >= 15 is 0 Å². The van der Waals surface area contributed by atoms with E-state index in [-0.39, 0.29) is 0 Å². The molecular weight excluding hydrogens is 120 g/mol. The molecule has 7 saturated carbocycles. The molecule has 0 unspecified atom stereocenters. The summed E-state index contributed by atoms with van der Waals surface area (Å²) in [7, 11) is 0. The summed E-state index contributed by atoms with van der Waals surface area (Å²) in [6.45, 7) is 0. The normalized spacial score (nSPS) is 108. The van der Waals surface area contributed by atoms with Crippen molar-refractivity contribution >= 4 is 0 Å². The van der Waals surface area contributed by atoms with Gasteiger partial charge < -0.3 is 0 Å². The van der Waals surface area contributed by atoms with Gasteiger partial charge in [0.2, 0.25) is 0 Å². The zero-order valence-corrected chi connectivity index (χ0v) is 5.77. The van der Waals surface area contributed by atoms with E-state index in [0.29, 0.717) is 0 Å². The molecule has 0 aromatic rings. The van der Waals surface area contributed by atoms with Gasteiger partial charge in [-0.05, 0) is 59.2 Å². The van der Waals surface area contributed by atoms with Crippen molar-refractivity contribution in [3.8, 4) is 0 Å². The Labute approximate surface area is 60.0 Å². The van der Waals surface area contributed by atoms with Crippen molar-refractivity contribution in [2.45, 2.75) is 0 Å². The zero-order chi connectivity index (χ0) is 5.77. The monoisotopic (exact) mass is 130 g/mol. The summed E-state index contributed by atoms with van der Waals surface area (Å²) in [5, 5.41) is 0. The average Bonchev–Trinajstić information content (AvgIpc) is 2.53. The number of hydrogen-bond acceptors (Lipinski definition) is 0. The Kier molecular flexibility index (Phi) is 0.230. The standard InChI is InChI=1S/C10H10/c1-4-2-5(1)8-9-6(1)3(4)7(2)10(8)9/h1-10H. The van der Waals surface area contributed by atoms with E-state index in [2.05, 4.69) is 0 Å². The molecule has 0 bridgehead atoms. The van der Waals surface area contributed by atoms with E-state index in [1.54, 1.807) is 0 Å². The van der Waals surface area contributed by atoms with Crippen molar-refractivity contribution in [3.63, 3.8) is 0 Å². The molecule has 7 aliphatic carbocycles. The maximum Gasteiger partial charge on any atom is -0.0312 e. The molecule has 0 saturated heterocycles. The van der Waals surface area contributed by atoms with Gasteiger partial charge >= 0.3 is 0 Å². The lowest BCUT2D eigenvalue weighted by atomic mass is 9.30. The molecule has 0 aromatic carbocycles. The molecular formula is C10H10. The summed E-state index contributed by atoms with van der Waals surface area (Å²) < 4.78 is 0. The quantitative estimate of drug-likeness (QED) is 0.462. The van der Waals surface area contributed by atoms with Gasteiger partial charge in [-0.3, -0.25) is 0 Å². The molecule has 10 heavy (non-hydrogen) atoms. The fourth-order valence-corrected chi connectivity index (χ4v) is 6.88. The highest BCUT2D eigenvalue weighted by Crippen LogP contribution is 3.01. The first kappa shape index (κ1) is 3.60. The molecule has 0 heterocycles. The van der Waals surface area contributed by atoms with Gasteiger partial charge in [-0.1, -0.05) is 0 Å². The molecule has 7 fully saturated rings. The van der Waals surface area contributed by atoms with Crippen molar-refractivity contribution in [2.24, 2.45) is 59.2 Å². The van der Waals surface area contributed by atoms with Crippen LogP contribution < -0.4 is 0 Å². The SMILES string of the molecule is C12C3C4C5C6C5C(C14)C2C63. The molecule has 7 aliphatic rings. The van der Waals surface area contributed by atoms with E-state index in [9.17, 15) is 0 Å². The zero-order valence-electron chi connectivity index (χ0n) is 5.77. The Bertz CT molecular complexity index is 221. The third-order valence-corrected chi connectivity index (χ3v) is 6.53. The van der Waals surface area contributed by atoms with Crippen LogP contribution in [-0.4, -0.2) is 0 Å². The minimum absolute atomic E-state index is 1.33. The summed E-state index contributed by atoms with van der Waals surface area (Å²) >= 11 is 0. The maximum absolute atomic E-state index is 1.33. The first-order chi connectivity index (χ1) is 5.00. The van der Waals surface area contributed by atoms with Crippen molar-refractivity contribution in [1.82, 2.24) is 0 Å². The Morgan fingerprint density at radius 1 is 0.200 bits per heavy atom. The molecule has 0 radical (unpaired) electrons. The van der Waals surface area contributed by atoms with Crippen molar-refractivity contribution in [3.05, 3.63) is 0 Å². The third kappa shape index (κ3) is 0.117. The van der Waals surface area contributed by atoms with Crippen LogP contribution in [0.5, 0.6) is 0 Å². The highest BCUT2D eigenvalue weighted by atomic mass is 15.0. The molecule has 0 spiro atoms. The number of hydrogen-bond donors (Lipinski definition) is 0. The van der Waals surface area contributed by atoms with E-state index in [4.69, 9.17) is 0 Å². The summed E-state index contributed by atoms with van der Waals surface area (Å²) in [5.74, 6) is 13.3. The molecule has 0 N–H and O–H groups in total. The molecule has 0 aliphatic heterocycles. The largest absolute Gasteiger partial charge is 0.0312 e. The maximum atomic E-state index is 1.33. The van der Waals surface area contributed by atoms with Gasteiger partial charge in [0, 0.05) is 0 Å². The van der Waals surface area contributed by atoms with Crippen molar-refractivity contribution in [2.75, 3.05) is 0 Å². The van der Waals surface area contributed by atoms with Crippen LogP contribution in [0, 0.1) is 59.2 Å². The first-order valence-corrected chi connectivity index (χ1v) is 5.00. The van der Waals surface area contributed by atoms with Gasteiger partial charge in [0.05, 0.1) is 0 Å². The van der Waals surface area contributed by atoms with Gasteiger partial charge in [0.1, 0.15) is 0 Å². The number of rotatable bonds is 0. The highest BCUT2D eigenvalue weighted by Gasteiger charge is 2.97. The van der Waals surface area contributed by atoms with Crippen LogP contribution >= 0.6 is 0 Å². The van der Waals surface area contributed by atoms with E-state index < -0.39 is 0 Å². The van der Waals surface area contributed by atoms with Crippen molar-refractivity contribution in [1.29, 1.82) is 0 Å². The third-order valence-electron chi connectivity index (χ3n) is 6.53. The Hall–Kier alpha value is 0. The lowest BCUT2D eigenvalue weighted by Gasteiger charge is -2.74. The highest BCUT2D eigenvalue weighted by molar-refractivity contribution is 5.44. The molecule has 0 nitrogen and oxygen atoms in total.